The highest BCUT2D eigenvalue weighted by atomic mass is 35.5. The van der Waals surface area contributed by atoms with E-state index in [2.05, 4.69) is 15.2 Å². The molecule has 0 aliphatic carbocycles. The first kappa shape index (κ1) is 15.4. The molecule has 1 aromatic carbocycles. The van der Waals surface area contributed by atoms with Crippen molar-refractivity contribution in [3.63, 3.8) is 0 Å². The first-order chi connectivity index (χ1) is 10.7. The Hall–Kier alpha value is -1.49. The molecular formula is C17H19ClFN3. The van der Waals surface area contributed by atoms with Gasteiger partial charge in [0, 0.05) is 42.5 Å². The molecule has 1 atom stereocenters. The predicted molar refractivity (Wildman–Crippen MR) is 86.2 cm³/mol. The van der Waals surface area contributed by atoms with Crippen LogP contribution in [0.25, 0.3) is 0 Å². The fraction of sp³-hybridized carbons (Fsp3) is 0.353. The normalized spacial score (nSPS) is 18.0. The summed E-state index contributed by atoms with van der Waals surface area (Å²) in [4.78, 5) is 6.64. The van der Waals surface area contributed by atoms with Gasteiger partial charge in [0.2, 0.25) is 0 Å². The van der Waals surface area contributed by atoms with Crippen molar-refractivity contribution in [3.8, 4) is 0 Å². The molecule has 0 saturated carbocycles. The maximum atomic E-state index is 14.1. The highest BCUT2D eigenvalue weighted by Crippen LogP contribution is 2.24. The fourth-order valence-electron chi connectivity index (χ4n) is 2.85. The molecule has 116 valence electrons. The first-order valence-electron chi connectivity index (χ1n) is 7.51. The van der Waals surface area contributed by atoms with Gasteiger partial charge < -0.3 is 5.32 Å². The first-order valence-corrected chi connectivity index (χ1v) is 7.89. The van der Waals surface area contributed by atoms with Gasteiger partial charge in [0.1, 0.15) is 5.82 Å². The van der Waals surface area contributed by atoms with Crippen LogP contribution in [0.4, 0.5) is 4.39 Å². The van der Waals surface area contributed by atoms with Gasteiger partial charge in [-0.2, -0.15) is 0 Å². The lowest BCUT2D eigenvalue weighted by molar-refractivity contribution is 0.185. The summed E-state index contributed by atoms with van der Waals surface area (Å²) in [6.07, 6.45) is 2.84. The van der Waals surface area contributed by atoms with Gasteiger partial charge in [-0.1, -0.05) is 23.7 Å². The maximum Gasteiger partial charge on any atom is 0.129 e. The molecule has 0 bridgehead atoms. The van der Waals surface area contributed by atoms with E-state index in [1.54, 1.807) is 18.3 Å². The summed E-state index contributed by atoms with van der Waals surface area (Å²) in [7, 11) is 0. The van der Waals surface area contributed by atoms with Crippen molar-refractivity contribution in [2.45, 2.75) is 25.6 Å². The van der Waals surface area contributed by atoms with Gasteiger partial charge in [-0.05, 0) is 37.2 Å². The molecule has 5 heteroatoms. The lowest BCUT2D eigenvalue weighted by atomic mass is 10.1. The van der Waals surface area contributed by atoms with Gasteiger partial charge in [0.25, 0.3) is 0 Å². The minimum atomic E-state index is -0.246. The lowest BCUT2D eigenvalue weighted by Gasteiger charge is -2.28. The van der Waals surface area contributed by atoms with Gasteiger partial charge in [-0.25, -0.2) is 4.39 Å². The number of pyridine rings is 1. The Labute approximate surface area is 135 Å². The van der Waals surface area contributed by atoms with Crippen LogP contribution in [-0.4, -0.2) is 29.0 Å². The second-order valence-electron chi connectivity index (χ2n) is 5.57. The summed E-state index contributed by atoms with van der Waals surface area (Å²) >= 11 is 6.19. The topological polar surface area (TPSA) is 28.2 Å². The number of hydrogen-bond acceptors (Lipinski definition) is 3. The Kier molecular flexibility index (Phi) is 5.03. The number of rotatable bonds is 5. The van der Waals surface area contributed by atoms with Crippen LogP contribution in [0.3, 0.4) is 0 Å². The third-order valence-electron chi connectivity index (χ3n) is 4.06. The largest absolute Gasteiger partial charge is 0.315 e. The van der Waals surface area contributed by atoms with Crippen LogP contribution >= 0.6 is 11.6 Å². The minimum absolute atomic E-state index is 0.246. The third kappa shape index (κ3) is 3.64. The monoisotopic (exact) mass is 319 g/mol. The van der Waals surface area contributed by atoms with Gasteiger partial charge in [0.15, 0.2) is 0 Å². The van der Waals surface area contributed by atoms with Crippen molar-refractivity contribution < 1.29 is 4.39 Å². The number of halogens is 2. The molecule has 22 heavy (non-hydrogen) atoms. The quantitative estimate of drug-likeness (QED) is 0.917. The number of aromatic nitrogens is 1. The number of benzene rings is 1. The van der Waals surface area contributed by atoms with E-state index in [1.807, 2.05) is 18.2 Å². The average Bonchev–Trinajstić information content (AvgIpc) is 3.05. The standard InChI is InChI=1S/C17H19ClFN3/c18-16-5-3-6-17(19)15(16)12-22(14-7-9-20-10-14)11-13-4-1-2-8-21-13/h1-6,8,14,20H,7,9-12H2/t14-/m0/s1. The van der Waals surface area contributed by atoms with Crippen molar-refractivity contribution >= 4 is 11.6 Å². The van der Waals surface area contributed by atoms with Gasteiger partial charge in [0.05, 0.1) is 5.69 Å². The van der Waals surface area contributed by atoms with Crippen LogP contribution in [0.2, 0.25) is 5.02 Å². The molecule has 2 aromatic rings. The van der Waals surface area contributed by atoms with Crippen LogP contribution in [0, 0.1) is 5.82 Å². The summed E-state index contributed by atoms with van der Waals surface area (Å²) in [6.45, 7) is 3.10. The van der Waals surface area contributed by atoms with Crippen molar-refractivity contribution in [2.75, 3.05) is 13.1 Å². The molecule has 0 amide bonds. The predicted octanol–water partition coefficient (Wildman–Crippen LogP) is 3.24. The summed E-state index contributed by atoms with van der Waals surface area (Å²) in [5.74, 6) is -0.246. The van der Waals surface area contributed by atoms with E-state index in [1.165, 1.54) is 6.07 Å². The number of hydrogen-bond donors (Lipinski definition) is 1. The second-order valence-corrected chi connectivity index (χ2v) is 5.98. The van der Waals surface area contributed by atoms with E-state index in [4.69, 9.17) is 11.6 Å². The van der Waals surface area contributed by atoms with Gasteiger partial charge >= 0.3 is 0 Å². The molecule has 3 rings (SSSR count). The molecule has 1 saturated heterocycles. The third-order valence-corrected chi connectivity index (χ3v) is 4.42. The lowest BCUT2D eigenvalue weighted by Crippen LogP contribution is -2.36. The Morgan fingerprint density at radius 3 is 2.82 bits per heavy atom. The van der Waals surface area contributed by atoms with Crippen LogP contribution in [0.1, 0.15) is 17.7 Å². The van der Waals surface area contributed by atoms with Crippen molar-refractivity contribution in [2.24, 2.45) is 0 Å². The fourth-order valence-corrected chi connectivity index (χ4v) is 3.07. The molecule has 0 spiro atoms. The second kappa shape index (κ2) is 7.18. The van der Waals surface area contributed by atoms with Crippen molar-refractivity contribution in [1.29, 1.82) is 0 Å². The highest BCUT2D eigenvalue weighted by Gasteiger charge is 2.24. The van der Waals surface area contributed by atoms with Crippen LogP contribution in [0.15, 0.2) is 42.6 Å². The Balaban J connectivity index is 1.82. The van der Waals surface area contributed by atoms with Crippen LogP contribution in [0.5, 0.6) is 0 Å². The Morgan fingerprint density at radius 2 is 2.14 bits per heavy atom. The van der Waals surface area contributed by atoms with Crippen molar-refractivity contribution in [3.05, 3.63) is 64.7 Å². The molecular weight excluding hydrogens is 301 g/mol. The van der Waals surface area contributed by atoms with E-state index in [0.29, 0.717) is 29.7 Å². The molecule has 0 radical (unpaired) electrons. The molecule has 1 N–H and O–H groups in total. The summed E-state index contributed by atoms with van der Waals surface area (Å²) in [6, 6.07) is 11.1. The van der Waals surface area contributed by atoms with E-state index >= 15 is 0 Å². The molecule has 1 aliphatic heterocycles. The molecule has 0 unspecified atom stereocenters. The van der Waals surface area contributed by atoms with E-state index in [-0.39, 0.29) is 5.82 Å². The average molecular weight is 320 g/mol. The minimum Gasteiger partial charge on any atom is -0.315 e. The Morgan fingerprint density at radius 1 is 1.23 bits per heavy atom. The zero-order chi connectivity index (χ0) is 15.4. The molecule has 2 heterocycles. The van der Waals surface area contributed by atoms with Gasteiger partial charge in [-0.15, -0.1) is 0 Å². The highest BCUT2D eigenvalue weighted by molar-refractivity contribution is 6.31. The SMILES string of the molecule is Fc1cccc(Cl)c1CN(Cc1ccccn1)[C@H]1CCNC1. The molecule has 1 aromatic heterocycles. The Bertz CT molecular complexity index is 594. The molecule has 1 fully saturated rings. The smallest absolute Gasteiger partial charge is 0.129 e. The maximum absolute atomic E-state index is 14.1. The molecule has 1 aliphatic rings. The van der Waals surface area contributed by atoms with E-state index in [0.717, 1.165) is 25.2 Å². The van der Waals surface area contributed by atoms with Crippen LogP contribution < -0.4 is 5.32 Å². The van der Waals surface area contributed by atoms with E-state index < -0.39 is 0 Å². The summed E-state index contributed by atoms with van der Waals surface area (Å²) < 4.78 is 14.1. The zero-order valence-electron chi connectivity index (χ0n) is 12.3. The summed E-state index contributed by atoms with van der Waals surface area (Å²) in [5, 5.41) is 3.85. The molecule has 3 nitrogen and oxygen atoms in total. The number of nitrogens with one attached hydrogen (secondary N) is 1. The zero-order valence-corrected chi connectivity index (χ0v) is 13.1. The van der Waals surface area contributed by atoms with Gasteiger partial charge in [-0.3, -0.25) is 9.88 Å². The van der Waals surface area contributed by atoms with Crippen LogP contribution in [-0.2, 0) is 13.1 Å². The van der Waals surface area contributed by atoms with Crippen molar-refractivity contribution in [1.82, 2.24) is 15.2 Å². The summed E-state index contributed by atoms with van der Waals surface area (Å²) in [5.41, 5.74) is 1.55. The van der Waals surface area contributed by atoms with E-state index in [9.17, 15) is 4.39 Å². The number of nitrogens with zero attached hydrogens (tertiary/aromatic N) is 2.